The van der Waals surface area contributed by atoms with E-state index in [2.05, 4.69) is 9.98 Å². The third-order valence-corrected chi connectivity index (χ3v) is 7.30. The highest BCUT2D eigenvalue weighted by Crippen LogP contribution is 2.36. The van der Waals surface area contributed by atoms with Crippen LogP contribution in [-0.4, -0.2) is 28.2 Å². The van der Waals surface area contributed by atoms with Crippen LogP contribution in [0.1, 0.15) is 50.6 Å². The average Bonchev–Trinajstić information content (AvgIpc) is 3.34. The van der Waals surface area contributed by atoms with Crippen LogP contribution in [0.2, 0.25) is 0 Å². The number of aromatic amines is 1. The number of hydrogen-bond acceptors (Lipinski definition) is 6. The van der Waals surface area contributed by atoms with Gasteiger partial charge in [0, 0.05) is 27.7 Å². The molecule has 0 saturated carbocycles. The number of H-pyrrole nitrogens is 1. The molecule has 4 aromatic rings. The summed E-state index contributed by atoms with van der Waals surface area (Å²) in [5.41, 5.74) is 4.31. The number of carbonyl (C=O) groups excluding carboxylic acids is 1. The fourth-order valence-corrected chi connectivity index (χ4v) is 5.80. The van der Waals surface area contributed by atoms with Crippen molar-refractivity contribution in [1.82, 2.24) is 9.55 Å². The molecule has 1 aliphatic rings. The third kappa shape index (κ3) is 4.42. The lowest BCUT2D eigenvalue weighted by Gasteiger charge is -2.26. The van der Waals surface area contributed by atoms with E-state index in [1.54, 1.807) is 18.4 Å². The van der Waals surface area contributed by atoms with Gasteiger partial charge in [-0.3, -0.25) is 9.36 Å². The summed E-state index contributed by atoms with van der Waals surface area (Å²) in [5, 5.41) is 1.04. The molecule has 0 fully saturated rings. The summed E-state index contributed by atoms with van der Waals surface area (Å²) in [4.78, 5) is 35.8. The van der Waals surface area contributed by atoms with Crippen molar-refractivity contribution in [3.63, 3.8) is 0 Å². The summed E-state index contributed by atoms with van der Waals surface area (Å²) >= 11 is 1.31. The van der Waals surface area contributed by atoms with Crippen molar-refractivity contribution in [3.8, 4) is 5.75 Å². The molecular formula is C29H29N3O4S. The van der Waals surface area contributed by atoms with Crippen LogP contribution in [0.25, 0.3) is 17.0 Å². The van der Waals surface area contributed by atoms with Crippen molar-refractivity contribution >= 4 is 34.3 Å². The van der Waals surface area contributed by atoms with Crippen molar-refractivity contribution in [1.29, 1.82) is 0 Å². The van der Waals surface area contributed by atoms with Gasteiger partial charge >= 0.3 is 5.97 Å². The zero-order valence-corrected chi connectivity index (χ0v) is 22.3. The summed E-state index contributed by atoms with van der Waals surface area (Å²) in [6, 6.07) is 14.8. The fourth-order valence-electron chi connectivity index (χ4n) is 4.77. The van der Waals surface area contributed by atoms with E-state index in [1.807, 2.05) is 75.4 Å². The Morgan fingerprint density at radius 3 is 2.65 bits per heavy atom. The van der Waals surface area contributed by atoms with E-state index >= 15 is 0 Å². The Morgan fingerprint density at radius 2 is 1.89 bits per heavy atom. The number of rotatable bonds is 6. The van der Waals surface area contributed by atoms with Gasteiger partial charge in [-0.1, -0.05) is 47.7 Å². The molecule has 0 saturated heterocycles. The molecule has 0 radical (unpaired) electrons. The second-order valence-electron chi connectivity index (χ2n) is 9.22. The summed E-state index contributed by atoms with van der Waals surface area (Å²) in [6.45, 7) is 9.65. The van der Waals surface area contributed by atoms with Crippen molar-refractivity contribution < 1.29 is 14.3 Å². The lowest BCUT2D eigenvalue weighted by Crippen LogP contribution is -2.40. The van der Waals surface area contributed by atoms with Gasteiger partial charge in [0.05, 0.1) is 28.5 Å². The predicted molar refractivity (Wildman–Crippen MR) is 146 cm³/mol. The first-order valence-electron chi connectivity index (χ1n) is 12.3. The Kier molecular flexibility index (Phi) is 6.60. The first-order chi connectivity index (χ1) is 17.8. The molecule has 0 spiro atoms. The highest BCUT2D eigenvalue weighted by molar-refractivity contribution is 7.07. The third-order valence-electron chi connectivity index (χ3n) is 6.31. The number of carbonyl (C=O) groups is 1. The number of ether oxygens (including phenoxy) is 2. The van der Waals surface area contributed by atoms with Crippen molar-refractivity contribution in [3.05, 3.63) is 96.3 Å². The number of para-hydroxylation sites is 2. The van der Waals surface area contributed by atoms with Crippen molar-refractivity contribution in [2.24, 2.45) is 4.99 Å². The number of thiazole rings is 1. The number of allylic oxidation sites excluding steroid dienone is 1. The molecule has 2 aromatic carbocycles. The molecule has 0 aliphatic carbocycles. The van der Waals surface area contributed by atoms with E-state index in [0.29, 0.717) is 31.9 Å². The average molecular weight is 516 g/mol. The monoisotopic (exact) mass is 515 g/mol. The van der Waals surface area contributed by atoms with Crippen LogP contribution in [0.15, 0.2) is 69.6 Å². The minimum Gasteiger partial charge on any atom is -0.491 e. The molecular weight excluding hydrogens is 486 g/mol. The second kappa shape index (κ2) is 9.86. The Bertz CT molecular complexity index is 1720. The van der Waals surface area contributed by atoms with E-state index in [9.17, 15) is 9.59 Å². The van der Waals surface area contributed by atoms with Gasteiger partial charge in [-0.25, -0.2) is 9.79 Å². The smallest absolute Gasteiger partial charge is 0.338 e. The van der Waals surface area contributed by atoms with Crippen LogP contribution in [0.3, 0.4) is 0 Å². The topological polar surface area (TPSA) is 85.7 Å². The Balaban J connectivity index is 1.78. The largest absolute Gasteiger partial charge is 0.491 e. The molecule has 1 aliphatic heterocycles. The summed E-state index contributed by atoms with van der Waals surface area (Å²) in [6.07, 6.45) is 1.83. The SMILES string of the molecule is CCOC(=O)C1=C(C)N=c2s/c(=C/c3c(C)[nH]c4ccccc34)c(=O)n2[C@@H]1c1ccccc1OC(C)C. The lowest BCUT2D eigenvalue weighted by atomic mass is 9.95. The van der Waals surface area contributed by atoms with Gasteiger partial charge in [-0.05, 0) is 52.8 Å². The minimum absolute atomic E-state index is 0.0852. The van der Waals surface area contributed by atoms with Gasteiger partial charge in [0.2, 0.25) is 0 Å². The molecule has 1 atom stereocenters. The maximum absolute atomic E-state index is 14.0. The molecule has 3 heterocycles. The number of fused-ring (bicyclic) bond motifs is 2. The lowest BCUT2D eigenvalue weighted by molar-refractivity contribution is -0.139. The van der Waals surface area contributed by atoms with Crippen LogP contribution in [0, 0.1) is 6.92 Å². The van der Waals surface area contributed by atoms with Gasteiger partial charge < -0.3 is 14.5 Å². The second-order valence-corrected chi connectivity index (χ2v) is 10.2. The van der Waals surface area contributed by atoms with E-state index in [-0.39, 0.29) is 18.3 Å². The molecule has 0 amide bonds. The number of hydrogen-bond donors (Lipinski definition) is 1. The Labute approximate surface area is 218 Å². The molecule has 190 valence electrons. The standard InChI is InChI=1S/C29H29N3O4S/c1-6-35-28(34)25-18(5)31-29-32(26(25)20-12-8-10-14-23(20)36-16(2)3)27(33)24(37-29)15-21-17(4)30-22-13-9-7-11-19(21)22/h7-16,26,30H,6H2,1-5H3/b24-15+/t26-/m1/s1. The van der Waals surface area contributed by atoms with Gasteiger partial charge in [0.25, 0.3) is 5.56 Å². The Hall–Kier alpha value is -3.91. The maximum Gasteiger partial charge on any atom is 0.338 e. The number of aromatic nitrogens is 2. The van der Waals surface area contributed by atoms with Crippen LogP contribution in [0.5, 0.6) is 5.75 Å². The highest BCUT2D eigenvalue weighted by atomic mass is 32.1. The molecule has 0 unspecified atom stereocenters. The molecule has 0 bridgehead atoms. The molecule has 1 N–H and O–H groups in total. The van der Waals surface area contributed by atoms with E-state index in [4.69, 9.17) is 9.47 Å². The first-order valence-corrected chi connectivity index (χ1v) is 13.1. The number of nitrogens with zero attached hydrogens (tertiary/aromatic N) is 2. The fraction of sp³-hybridized carbons (Fsp3) is 0.276. The zero-order valence-electron chi connectivity index (χ0n) is 21.5. The number of aryl methyl sites for hydroxylation is 1. The molecule has 8 heteroatoms. The Morgan fingerprint density at radius 1 is 1.16 bits per heavy atom. The summed E-state index contributed by atoms with van der Waals surface area (Å²) in [7, 11) is 0. The van der Waals surface area contributed by atoms with E-state index < -0.39 is 12.0 Å². The minimum atomic E-state index is -0.725. The zero-order chi connectivity index (χ0) is 26.3. The van der Waals surface area contributed by atoms with Gasteiger partial charge in [-0.2, -0.15) is 0 Å². The normalized spacial score (nSPS) is 15.7. The van der Waals surface area contributed by atoms with Crippen LogP contribution < -0.4 is 19.6 Å². The predicted octanol–water partition coefficient (Wildman–Crippen LogP) is 4.38. The van der Waals surface area contributed by atoms with Crippen molar-refractivity contribution in [2.45, 2.75) is 46.8 Å². The van der Waals surface area contributed by atoms with Crippen molar-refractivity contribution in [2.75, 3.05) is 6.61 Å². The highest BCUT2D eigenvalue weighted by Gasteiger charge is 2.35. The number of nitrogens with one attached hydrogen (secondary N) is 1. The van der Waals surface area contributed by atoms with Crippen LogP contribution in [-0.2, 0) is 9.53 Å². The first kappa shape index (κ1) is 24.8. The molecule has 7 nitrogen and oxygen atoms in total. The summed E-state index contributed by atoms with van der Waals surface area (Å²) < 4.78 is 13.7. The van der Waals surface area contributed by atoms with E-state index in [0.717, 1.165) is 22.2 Å². The van der Waals surface area contributed by atoms with Gasteiger partial charge in [0.15, 0.2) is 4.80 Å². The van der Waals surface area contributed by atoms with Crippen LogP contribution in [0.4, 0.5) is 0 Å². The maximum atomic E-state index is 14.0. The van der Waals surface area contributed by atoms with Crippen LogP contribution >= 0.6 is 11.3 Å². The number of benzene rings is 2. The van der Waals surface area contributed by atoms with E-state index in [1.165, 1.54) is 11.3 Å². The molecule has 37 heavy (non-hydrogen) atoms. The van der Waals surface area contributed by atoms with Gasteiger partial charge in [-0.15, -0.1) is 0 Å². The molecule has 2 aromatic heterocycles. The van der Waals surface area contributed by atoms with Gasteiger partial charge in [0.1, 0.15) is 11.8 Å². The summed E-state index contributed by atoms with van der Waals surface area (Å²) in [5.74, 6) is 0.121. The quantitative estimate of drug-likeness (QED) is 0.386. The number of esters is 1. The molecule has 5 rings (SSSR count).